The predicted molar refractivity (Wildman–Crippen MR) is 105 cm³/mol. The second kappa shape index (κ2) is 7.72. The van der Waals surface area contributed by atoms with Gasteiger partial charge in [0.15, 0.2) is 5.82 Å². The first-order valence-electron chi connectivity index (χ1n) is 7.80. The normalized spacial score (nSPS) is 14.5. The number of nitrogens with one attached hydrogen (secondary N) is 1. The molecule has 2 heterocycles. The Labute approximate surface area is 157 Å². The highest BCUT2D eigenvalue weighted by molar-refractivity contribution is 7.99. The fraction of sp³-hybridized carbons (Fsp3) is 0.167. The maximum Gasteiger partial charge on any atom is 0.210 e. The van der Waals surface area contributed by atoms with Gasteiger partial charge in [-0.2, -0.15) is 0 Å². The second-order valence-electron chi connectivity index (χ2n) is 5.69. The molecule has 4 rings (SSSR count). The van der Waals surface area contributed by atoms with Gasteiger partial charge in [-0.25, -0.2) is 9.67 Å². The lowest BCUT2D eigenvalue weighted by molar-refractivity contribution is 0.783. The van der Waals surface area contributed by atoms with Crippen LogP contribution in [0.3, 0.4) is 0 Å². The molecule has 128 valence electrons. The van der Waals surface area contributed by atoms with Gasteiger partial charge in [0.2, 0.25) is 5.16 Å². The van der Waals surface area contributed by atoms with Crippen molar-refractivity contribution in [1.82, 2.24) is 14.9 Å². The summed E-state index contributed by atoms with van der Waals surface area (Å²) in [6, 6.07) is 18.5. The van der Waals surface area contributed by atoms with Gasteiger partial charge in [0, 0.05) is 6.42 Å². The molecule has 1 N–H and O–H groups in total. The summed E-state index contributed by atoms with van der Waals surface area (Å²) in [5.41, 5.74) is 6.74. The standard InChI is InChI=1S/C18H17N5S.ClH/c1-13-7-9-15(10-8-13)19-16-12-24-18-21-20-17(23(18)22-16)11-14-5-3-2-4-6-14;/h2-10H,11-12H2,1H3,(H,19,22);1H. The van der Waals surface area contributed by atoms with E-state index in [1.165, 1.54) is 11.1 Å². The molecule has 0 atom stereocenters. The molecule has 0 radical (unpaired) electrons. The molecule has 0 fully saturated rings. The molecule has 2 aromatic carbocycles. The Morgan fingerprint density at radius 3 is 2.60 bits per heavy atom. The minimum absolute atomic E-state index is 0. The summed E-state index contributed by atoms with van der Waals surface area (Å²) >= 11 is 1.65. The first kappa shape index (κ1) is 17.5. The third-order valence-electron chi connectivity index (χ3n) is 3.78. The number of aryl methyl sites for hydroxylation is 1. The summed E-state index contributed by atoms with van der Waals surface area (Å²) < 4.78 is 1.94. The van der Waals surface area contributed by atoms with Crippen LogP contribution in [0.5, 0.6) is 0 Å². The molecule has 25 heavy (non-hydrogen) atoms. The summed E-state index contributed by atoms with van der Waals surface area (Å²) in [5, 5.41) is 9.46. The van der Waals surface area contributed by atoms with Crippen LogP contribution < -0.4 is 5.43 Å². The lowest BCUT2D eigenvalue weighted by Crippen LogP contribution is -2.31. The van der Waals surface area contributed by atoms with Gasteiger partial charge < -0.3 is 0 Å². The average molecular weight is 372 g/mol. The Morgan fingerprint density at radius 2 is 1.84 bits per heavy atom. The molecular weight excluding hydrogens is 354 g/mol. The van der Waals surface area contributed by atoms with E-state index >= 15 is 0 Å². The number of aromatic nitrogens is 3. The first-order chi connectivity index (χ1) is 11.8. The number of rotatable bonds is 3. The smallest absolute Gasteiger partial charge is 0.210 e. The Hall–Kier alpha value is -2.31. The quantitative estimate of drug-likeness (QED) is 0.756. The molecule has 0 aliphatic carbocycles. The van der Waals surface area contributed by atoms with Gasteiger partial charge in [0.25, 0.3) is 0 Å². The van der Waals surface area contributed by atoms with Crippen molar-refractivity contribution in [1.29, 1.82) is 0 Å². The number of hydrogen-bond donors (Lipinski definition) is 1. The van der Waals surface area contributed by atoms with E-state index in [1.54, 1.807) is 11.8 Å². The number of benzene rings is 2. The number of halogens is 1. The largest absolute Gasteiger partial charge is 0.277 e. The van der Waals surface area contributed by atoms with Crippen LogP contribution in [0.2, 0.25) is 0 Å². The lowest BCUT2D eigenvalue weighted by Gasteiger charge is -2.19. The van der Waals surface area contributed by atoms with Gasteiger partial charge in [0.05, 0.1) is 11.4 Å². The number of amidine groups is 1. The van der Waals surface area contributed by atoms with Crippen LogP contribution in [0.1, 0.15) is 17.0 Å². The first-order valence-corrected chi connectivity index (χ1v) is 8.79. The molecule has 0 saturated heterocycles. The minimum atomic E-state index is 0. The van der Waals surface area contributed by atoms with Crippen molar-refractivity contribution < 1.29 is 0 Å². The Balaban J connectivity index is 0.00000182. The summed E-state index contributed by atoms with van der Waals surface area (Å²) in [6.45, 7) is 2.07. The van der Waals surface area contributed by atoms with Crippen molar-refractivity contribution in [3.05, 3.63) is 71.5 Å². The van der Waals surface area contributed by atoms with Gasteiger partial charge in [-0.3, -0.25) is 5.43 Å². The van der Waals surface area contributed by atoms with Gasteiger partial charge in [-0.15, -0.1) is 22.6 Å². The van der Waals surface area contributed by atoms with Crippen LogP contribution in [0.25, 0.3) is 0 Å². The van der Waals surface area contributed by atoms with Crippen molar-refractivity contribution in [2.45, 2.75) is 18.5 Å². The molecule has 0 unspecified atom stereocenters. The van der Waals surface area contributed by atoms with Crippen molar-refractivity contribution in [2.24, 2.45) is 4.99 Å². The molecule has 0 saturated carbocycles. The van der Waals surface area contributed by atoms with Crippen LogP contribution in [-0.2, 0) is 6.42 Å². The third-order valence-corrected chi connectivity index (χ3v) is 4.72. The zero-order valence-corrected chi connectivity index (χ0v) is 15.3. The Morgan fingerprint density at radius 1 is 1.08 bits per heavy atom. The zero-order valence-electron chi connectivity index (χ0n) is 13.7. The highest BCUT2D eigenvalue weighted by atomic mass is 35.5. The summed E-state index contributed by atoms with van der Waals surface area (Å²) in [6.07, 6.45) is 0.735. The van der Waals surface area contributed by atoms with Gasteiger partial charge >= 0.3 is 0 Å². The number of fused-ring (bicyclic) bond motifs is 1. The van der Waals surface area contributed by atoms with Crippen LogP contribution >= 0.6 is 24.2 Å². The zero-order chi connectivity index (χ0) is 16.4. The maximum atomic E-state index is 4.69. The fourth-order valence-electron chi connectivity index (χ4n) is 2.53. The molecule has 0 amide bonds. The van der Waals surface area contributed by atoms with Crippen LogP contribution in [-0.4, -0.2) is 26.5 Å². The number of nitrogens with zero attached hydrogens (tertiary/aromatic N) is 4. The second-order valence-corrected chi connectivity index (χ2v) is 6.63. The summed E-state index contributed by atoms with van der Waals surface area (Å²) in [5.74, 6) is 2.56. The van der Waals surface area contributed by atoms with Crippen molar-refractivity contribution >= 4 is 35.7 Å². The topological polar surface area (TPSA) is 55.1 Å². The highest BCUT2D eigenvalue weighted by Gasteiger charge is 2.20. The minimum Gasteiger partial charge on any atom is -0.277 e. The fourth-order valence-corrected chi connectivity index (χ4v) is 3.30. The van der Waals surface area contributed by atoms with E-state index in [2.05, 4.69) is 46.8 Å². The number of thioether (sulfide) groups is 1. The SMILES string of the molecule is Cc1ccc(N=C2CSc3nnc(Cc4ccccc4)n3N2)cc1.Cl. The lowest BCUT2D eigenvalue weighted by atomic mass is 10.1. The monoisotopic (exact) mass is 371 g/mol. The van der Waals surface area contributed by atoms with Crippen molar-refractivity contribution in [3.63, 3.8) is 0 Å². The Bertz CT molecular complexity index is 874. The van der Waals surface area contributed by atoms with Crippen LogP contribution in [0.4, 0.5) is 5.69 Å². The molecule has 1 aromatic heterocycles. The van der Waals surface area contributed by atoms with Gasteiger partial charge in [-0.05, 0) is 24.6 Å². The molecule has 0 bridgehead atoms. The molecule has 1 aliphatic rings. The molecule has 0 spiro atoms. The van der Waals surface area contributed by atoms with E-state index in [0.717, 1.165) is 34.7 Å². The van der Waals surface area contributed by atoms with Crippen molar-refractivity contribution in [3.8, 4) is 0 Å². The van der Waals surface area contributed by atoms with Crippen LogP contribution in [0, 0.1) is 6.92 Å². The molecule has 3 aromatic rings. The van der Waals surface area contributed by atoms with E-state index in [1.807, 2.05) is 35.0 Å². The summed E-state index contributed by atoms with van der Waals surface area (Å²) in [4.78, 5) is 4.69. The van der Waals surface area contributed by atoms with E-state index in [4.69, 9.17) is 4.99 Å². The number of hydrogen-bond acceptors (Lipinski definition) is 4. The molecule has 7 heteroatoms. The molecule has 1 aliphatic heterocycles. The van der Waals surface area contributed by atoms with Gasteiger partial charge in [-0.1, -0.05) is 59.8 Å². The predicted octanol–water partition coefficient (Wildman–Crippen LogP) is 3.98. The highest BCUT2D eigenvalue weighted by Crippen LogP contribution is 2.23. The van der Waals surface area contributed by atoms with E-state index in [0.29, 0.717) is 0 Å². The average Bonchev–Trinajstić information content (AvgIpc) is 3.00. The van der Waals surface area contributed by atoms with E-state index in [9.17, 15) is 0 Å². The molecule has 5 nitrogen and oxygen atoms in total. The maximum absolute atomic E-state index is 4.69. The summed E-state index contributed by atoms with van der Waals surface area (Å²) in [7, 11) is 0. The van der Waals surface area contributed by atoms with E-state index in [-0.39, 0.29) is 12.4 Å². The molecular formula is C18H18ClN5S. The van der Waals surface area contributed by atoms with Crippen molar-refractivity contribution in [2.75, 3.05) is 11.2 Å². The number of aliphatic imine (C=N–C) groups is 1. The van der Waals surface area contributed by atoms with Gasteiger partial charge in [0.1, 0.15) is 5.84 Å². The van der Waals surface area contributed by atoms with E-state index < -0.39 is 0 Å². The van der Waals surface area contributed by atoms with Crippen LogP contribution in [0.15, 0.2) is 64.7 Å². The Kier molecular flexibility index (Phi) is 5.40. The third kappa shape index (κ3) is 4.03.